The van der Waals surface area contributed by atoms with Crippen molar-refractivity contribution in [3.8, 4) is 0 Å². The fraction of sp³-hybridized carbons (Fsp3) is 0.263. The van der Waals surface area contributed by atoms with Gasteiger partial charge in [-0.3, -0.25) is 9.59 Å². The predicted molar refractivity (Wildman–Crippen MR) is 107 cm³/mol. The number of carbonyl (C=O) groups is 2. The predicted octanol–water partition coefficient (Wildman–Crippen LogP) is 3.83. The van der Waals surface area contributed by atoms with Crippen LogP contribution in [-0.2, 0) is 0 Å². The maximum absolute atomic E-state index is 12.7. The van der Waals surface area contributed by atoms with Crippen LogP contribution in [0.25, 0.3) is 0 Å². The molecule has 0 saturated carbocycles. The number of hydrogen-bond acceptors (Lipinski definition) is 3. The molecule has 2 N–H and O–H groups in total. The summed E-state index contributed by atoms with van der Waals surface area (Å²) in [6, 6.07) is 14.2. The smallest absolute Gasteiger partial charge is 0.252 e. The van der Waals surface area contributed by atoms with Gasteiger partial charge in [-0.1, -0.05) is 41.1 Å². The van der Waals surface area contributed by atoms with E-state index in [0.717, 1.165) is 11.0 Å². The van der Waals surface area contributed by atoms with Gasteiger partial charge < -0.3 is 10.6 Å². The summed E-state index contributed by atoms with van der Waals surface area (Å²) in [5.41, 5.74) is 1.36. The first kappa shape index (κ1) is 21.4. The Labute approximate surface area is 162 Å². The van der Waals surface area contributed by atoms with Crippen molar-refractivity contribution < 1.29 is 9.59 Å². The largest absolute Gasteiger partial charge is 0.350 e. The number of halogens is 2. The van der Waals surface area contributed by atoms with Gasteiger partial charge in [-0.2, -0.15) is 0 Å². The lowest BCUT2D eigenvalue weighted by molar-refractivity contribution is 0.0939. The molecule has 2 aromatic rings. The van der Waals surface area contributed by atoms with Gasteiger partial charge in [-0.15, -0.1) is 12.4 Å². The number of amides is 1. The molecule has 2 rings (SSSR count). The first-order valence-electron chi connectivity index (χ1n) is 7.93. The molecule has 2 aromatic carbocycles. The van der Waals surface area contributed by atoms with Crippen LogP contribution in [0.4, 0.5) is 0 Å². The van der Waals surface area contributed by atoms with Gasteiger partial charge in [0.25, 0.3) is 5.91 Å². The Morgan fingerprint density at radius 1 is 1.04 bits per heavy atom. The maximum atomic E-state index is 12.7. The molecule has 0 saturated heterocycles. The SMILES string of the molecule is CCN[C@H](C)CNC(=O)c1ccccc1C(=O)c1ccc(Br)cc1.Cl. The second kappa shape index (κ2) is 10.3. The normalized spacial score (nSPS) is 11.3. The molecule has 4 nitrogen and oxygen atoms in total. The van der Waals surface area contributed by atoms with Crippen molar-refractivity contribution in [2.75, 3.05) is 13.1 Å². The number of hydrogen-bond donors (Lipinski definition) is 2. The van der Waals surface area contributed by atoms with E-state index in [4.69, 9.17) is 0 Å². The average molecular weight is 426 g/mol. The van der Waals surface area contributed by atoms with E-state index in [1.165, 1.54) is 0 Å². The fourth-order valence-corrected chi connectivity index (χ4v) is 2.66. The summed E-state index contributed by atoms with van der Waals surface area (Å²) in [6.07, 6.45) is 0. The van der Waals surface area contributed by atoms with E-state index in [9.17, 15) is 9.59 Å². The molecular weight excluding hydrogens is 404 g/mol. The monoisotopic (exact) mass is 424 g/mol. The molecule has 0 spiro atoms. The van der Waals surface area contributed by atoms with Gasteiger partial charge in [0.05, 0.1) is 5.56 Å². The molecule has 0 aliphatic carbocycles. The van der Waals surface area contributed by atoms with Gasteiger partial charge in [-0.25, -0.2) is 0 Å². The summed E-state index contributed by atoms with van der Waals surface area (Å²) in [5, 5.41) is 6.11. The first-order valence-corrected chi connectivity index (χ1v) is 8.73. The molecule has 0 aliphatic rings. The summed E-state index contributed by atoms with van der Waals surface area (Å²) in [6.45, 7) is 5.37. The van der Waals surface area contributed by atoms with Gasteiger partial charge in [0.1, 0.15) is 0 Å². The molecule has 0 bridgehead atoms. The van der Waals surface area contributed by atoms with Crippen LogP contribution in [0.5, 0.6) is 0 Å². The highest BCUT2D eigenvalue weighted by molar-refractivity contribution is 9.10. The molecule has 134 valence electrons. The highest BCUT2D eigenvalue weighted by atomic mass is 79.9. The topological polar surface area (TPSA) is 58.2 Å². The second-order valence-corrected chi connectivity index (χ2v) is 6.47. The van der Waals surface area contributed by atoms with Gasteiger partial charge >= 0.3 is 0 Å². The molecule has 0 aromatic heterocycles. The third kappa shape index (κ3) is 5.96. The van der Waals surface area contributed by atoms with Gasteiger partial charge in [0.15, 0.2) is 5.78 Å². The molecule has 1 atom stereocenters. The van der Waals surface area contributed by atoms with E-state index in [1.807, 2.05) is 26.0 Å². The van der Waals surface area contributed by atoms with Crippen LogP contribution in [0.15, 0.2) is 53.0 Å². The zero-order valence-electron chi connectivity index (χ0n) is 14.2. The molecule has 0 unspecified atom stereocenters. The molecule has 6 heteroatoms. The molecule has 0 heterocycles. The molecule has 0 fully saturated rings. The van der Waals surface area contributed by atoms with Crippen molar-refractivity contribution in [3.63, 3.8) is 0 Å². The van der Waals surface area contributed by atoms with E-state index in [1.54, 1.807) is 36.4 Å². The van der Waals surface area contributed by atoms with Crippen molar-refractivity contribution >= 4 is 40.0 Å². The summed E-state index contributed by atoms with van der Waals surface area (Å²) < 4.78 is 0.905. The van der Waals surface area contributed by atoms with Gasteiger partial charge in [0.2, 0.25) is 0 Å². The second-order valence-electron chi connectivity index (χ2n) is 5.55. The molecule has 0 radical (unpaired) electrons. The standard InChI is InChI=1S/C19H21BrN2O2.ClH/c1-3-21-13(2)12-22-19(24)17-7-5-4-6-16(17)18(23)14-8-10-15(20)11-9-14;/h4-11,13,21H,3,12H2,1-2H3,(H,22,24);1H/t13-;/m1./s1. The van der Waals surface area contributed by atoms with Gasteiger partial charge in [0, 0.05) is 28.2 Å². The van der Waals surface area contributed by atoms with Gasteiger partial charge in [-0.05, 0) is 43.8 Å². The molecule has 25 heavy (non-hydrogen) atoms. The Hall–Kier alpha value is -1.69. The fourth-order valence-electron chi connectivity index (χ4n) is 2.40. The van der Waals surface area contributed by atoms with E-state index in [0.29, 0.717) is 23.2 Å². The highest BCUT2D eigenvalue weighted by Crippen LogP contribution is 2.17. The van der Waals surface area contributed by atoms with Crippen LogP contribution in [0.1, 0.15) is 40.1 Å². The van der Waals surface area contributed by atoms with Crippen molar-refractivity contribution in [3.05, 3.63) is 69.7 Å². The van der Waals surface area contributed by atoms with E-state index >= 15 is 0 Å². The molecule has 1 amide bonds. The van der Waals surface area contributed by atoms with Crippen LogP contribution < -0.4 is 10.6 Å². The molecule has 0 aliphatic heterocycles. The van der Waals surface area contributed by atoms with Crippen LogP contribution in [0, 0.1) is 0 Å². The minimum atomic E-state index is -0.235. The van der Waals surface area contributed by atoms with E-state index in [-0.39, 0.29) is 30.1 Å². The third-order valence-electron chi connectivity index (χ3n) is 3.64. The Kier molecular flexibility index (Phi) is 8.83. The Bertz CT molecular complexity index is 720. The number of ketones is 1. The van der Waals surface area contributed by atoms with E-state index in [2.05, 4.69) is 26.6 Å². The van der Waals surface area contributed by atoms with Crippen LogP contribution in [-0.4, -0.2) is 30.8 Å². The number of likely N-dealkylation sites (N-methyl/N-ethyl adjacent to an activating group) is 1. The lowest BCUT2D eigenvalue weighted by Gasteiger charge is -2.14. The van der Waals surface area contributed by atoms with Crippen molar-refractivity contribution in [1.29, 1.82) is 0 Å². The summed E-state index contributed by atoms with van der Waals surface area (Å²) in [4.78, 5) is 25.2. The van der Waals surface area contributed by atoms with Crippen molar-refractivity contribution in [2.24, 2.45) is 0 Å². The lowest BCUT2D eigenvalue weighted by atomic mass is 9.98. The number of benzene rings is 2. The average Bonchev–Trinajstić information content (AvgIpc) is 2.60. The van der Waals surface area contributed by atoms with E-state index < -0.39 is 0 Å². The quantitative estimate of drug-likeness (QED) is 0.663. The van der Waals surface area contributed by atoms with Crippen LogP contribution >= 0.6 is 28.3 Å². The third-order valence-corrected chi connectivity index (χ3v) is 4.17. The lowest BCUT2D eigenvalue weighted by Crippen LogP contribution is -2.39. The van der Waals surface area contributed by atoms with Crippen LogP contribution in [0.2, 0.25) is 0 Å². The number of nitrogens with one attached hydrogen (secondary N) is 2. The zero-order chi connectivity index (χ0) is 17.5. The Balaban J connectivity index is 0.00000312. The number of carbonyl (C=O) groups excluding carboxylic acids is 2. The van der Waals surface area contributed by atoms with Crippen molar-refractivity contribution in [1.82, 2.24) is 10.6 Å². The number of rotatable bonds is 7. The highest BCUT2D eigenvalue weighted by Gasteiger charge is 2.18. The van der Waals surface area contributed by atoms with Crippen LogP contribution in [0.3, 0.4) is 0 Å². The molecular formula is C19H22BrClN2O2. The van der Waals surface area contributed by atoms with Crippen molar-refractivity contribution in [2.45, 2.75) is 19.9 Å². The Morgan fingerprint density at radius 2 is 1.64 bits per heavy atom. The minimum absolute atomic E-state index is 0. The summed E-state index contributed by atoms with van der Waals surface area (Å²) >= 11 is 3.35. The summed E-state index contributed by atoms with van der Waals surface area (Å²) in [5.74, 6) is -0.395. The first-order chi connectivity index (χ1) is 11.5. The summed E-state index contributed by atoms with van der Waals surface area (Å²) in [7, 11) is 0. The Morgan fingerprint density at radius 3 is 2.24 bits per heavy atom. The minimum Gasteiger partial charge on any atom is -0.350 e. The zero-order valence-corrected chi connectivity index (χ0v) is 16.6. The maximum Gasteiger partial charge on any atom is 0.252 e.